The Morgan fingerprint density at radius 2 is 2.05 bits per heavy atom. The summed E-state index contributed by atoms with van der Waals surface area (Å²) in [5.74, 6) is 0.121. The summed E-state index contributed by atoms with van der Waals surface area (Å²) in [5, 5.41) is 2.95. The van der Waals surface area contributed by atoms with Crippen molar-refractivity contribution in [3.63, 3.8) is 0 Å². The van der Waals surface area contributed by atoms with E-state index >= 15 is 0 Å². The van der Waals surface area contributed by atoms with Crippen molar-refractivity contribution in [1.29, 1.82) is 0 Å². The van der Waals surface area contributed by atoms with Crippen LogP contribution >= 0.6 is 0 Å². The molecule has 2 aliphatic rings. The minimum Gasteiger partial charge on any atom is -0.342 e. The monoisotopic (exact) mass is 264 g/mol. The Morgan fingerprint density at radius 1 is 1.37 bits per heavy atom. The topological polar surface area (TPSA) is 49.4 Å². The number of carbonyl (C=O) groups excluding carboxylic acids is 2. The van der Waals surface area contributed by atoms with Gasteiger partial charge in [0.1, 0.15) is 11.6 Å². The third-order valence-corrected chi connectivity index (χ3v) is 4.38. The van der Waals surface area contributed by atoms with E-state index in [2.05, 4.69) is 11.9 Å². The van der Waals surface area contributed by atoms with Gasteiger partial charge in [0.25, 0.3) is 0 Å². The number of rotatable bonds is 4. The molecule has 1 atom stereocenters. The first-order chi connectivity index (χ1) is 9.15. The molecule has 0 aromatic carbocycles. The highest BCUT2D eigenvalue weighted by atomic mass is 16.2. The van der Waals surface area contributed by atoms with Crippen LogP contribution in [0.5, 0.6) is 0 Å². The molecule has 1 aliphatic heterocycles. The molecule has 1 saturated heterocycles. The Labute approximate surface area is 115 Å². The predicted molar refractivity (Wildman–Crippen MR) is 74.6 cm³/mol. The molecule has 1 heterocycles. The van der Waals surface area contributed by atoms with Crippen LogP contribution in [-0.2, 0) is 9.59 Å². The molecule has 4 nitrogen and oxygen atoms in total. The molecule has 1 unspecified atom stereocenters. The van der Waals surface area contributed by atoms with Crippen LogP contribution in [0.1, 0.15) is 51.9 Å². The molecule has 0 bridgehead atoms. The molecule has 1 spiro atoms. The Hall–Kier alpha value is -1.32. The Balaban J connectivity index is 2.28. The maximum Gasteiger partial charge on any atom is 0.246 e. The highest BCUT2D eigenvalue weighted by molar-refractivity contribution is 6.00. The van der Waals surface area contributed by atoms with Crippen LogP contribution in [0.3, 0.4) is 0 Å². The third-order valence-electron chi connectivity index (χ3n) is 4.38. The van der Waals surface area contributed by atoms with Crippen LogP contribution < -0.4 is 5.32 Å². The van der Waals surface area contributed by atoms with Crippen LogP contribution in [0.4, 0.5) is 0 Å². The molecule has 1 N–H and O–H groups in total. The summed E-state index contributed by atoms with van der Waals surface area (Å²) in [6.07, 6.45) is 8.12. The summed E-state index contributed by atoms with van der Waals surface area (Å²) in [6, 6.07) is -0.343. The molecule has 4 heteroatoms. The molecule has 0 aromatic rings. The van der Waals surface area contributed by atoms with Gasteiger partial charge in [-0.05, 0) is 19.3 Å². The van der Waals surface area contributed by atoms with Crippen molar-refractivity contribution in [2.75, 3.05) is 6.54 Å². The second kappa shape index (κ2) is 5.76. The van der Waals surface area contributed by atoms with Crippen molar-refractivity contribution in [3.8, 4) is 0 Å². The number of nitrogens with one attached hydrogen (secondary N) is 1. The van der Waals surface area contributed by atoms with Gasteiger partial charge in [-0.3, -0.25) is 9.59 Å². The van der Waals surface area contributed by atoms with Crippen LogP contribution in [0.25, 0.3) is 0 Å². The highest BCUT2D eigenvalue weighted by Gasteiger charge is 2.51. The van der Waals surface area contributed by atoms with Crippen molar-refractivity contribution in [2.45, 2.75) is 63.5 Å². The van der Waals surface area contributed by atoms with E-state index in [-0.39, 0.29) is 17.9 Å². The van der Waals surface area contributed by atoms with Crippen molar-refractivity contribution < 1.29 is 9.59 Å². The van der Waals surface area contributed by atoms with E-state index in [1.807, 2.05) is 6.92 Å². The van der Waals surface area contributed by atoms with Crippen molar-refractivity contribution in [1.82, 2.24) is 10.2 Å². The summed E-state index contributed by atoms with van der Waals surface area (Å²) in [4.78, 5) is 26.9. The fraction of sp³-hybridized carbons (Fsp3) is 0.733. The van der Waals surface area contributed by atoms with Crippen LogP contribution in [0.2, 0.25) is 0 Å². The molecule has 2 fully saturated rings. The molecular weight excluding hydrogens is 240 g/mol. The standard InChI is InChI=1S/C15H24N2O2/c1-3-8-12-13(18)17(11-4-2)15(14(19)16-12)9-6-5-7-10-15/h4,12H,2-3,5-11H2,1H3,(H,16,19). The number of carbonyl (C=O) groups is 2. The third kappa shape index (κ3) is 2.40. The van der Waals surface area contributed by atoms with Crippen molar-refractivity contribution in [3.05, 3.63) is 12.7 Å². The van der Waals surface area contributed by atoms with E-state index in [4.69, 9.17) is 0 Å². The predicted octanol–water partition coefficient (Wildman–Crippen LogP) is 2.00. The Morgan fingerprint density at radius 3 is 2.63 bits per heavy atom. The molecule has 106 valence electrons. The van der Waals surface area contributed by atoms with E-state index in [0.29, 0.717) is 13.0 Å². The number of nitrogens with zero attached hydrogens (tertiary/aromatic N) is 1. The zero-order chi connectivity index (χ0) is 13.9. The zero-order valence-electron chi connectivity index (χ0n) is 11.8. The smallest absolute Gasteiger partial charge is 0.246 e. The van der Waals surface area contributed by atoms with Crippen molar-refractivity contribution in [2.24, 2.45) is 0 Å². The molecule has 1 aliphatic carbocycles. The van der Waals surface area contributed by atoms with Gasteiger partial charge < -0.3 is 10.2 Å². The summed E-state index contributed by atoms with van der Waals surface area (Å²) >= 11 is 0. The summed E-state index contributed by atoms with van der Waals surface area (Å²) < 4.78 is 0. The van der Waals surface area contributed by atoms with Crippen molar-refractivity contribution >= 4 is 11.8 Å². The molecule has 19 heavy (non-hydrogen) atoms. The Kier molecular flexibility index (Phi) is 4.27. The first-order valence-corrected chi connectivity index (χ1v) is 7.39. The molecule has 0 radical (unpaired) electrons. The van der Waals surface area contributed by atoms with Gasteiger partial charge in [-0.25, -0.2) is 0 Å². The van der Waals surface area contributed by atoms with Gasteiger partial charge in [0.05, 0.1) is 0 Å². The van der Waals surface area contributed by atoms with E-state index in [0.717, 1.165) is 38.5 Å². The van der Waals surface area contributed by atoms with E-state index in [1.54, 1.807) is 11.0 Å². The van der Waals surface area contributed by atoms with E-state index < -0.39 is 5.54 Å². The van der Waals surface area contributed by atoms with Crippen LogP contribution in [0, 0.1) is 0 Å². The molecule has 0 aromatic heterocycles. The van der Waals surface area contributed by atoms with Gasteiger partial charge in [0, 0.05) is 6.54 Å². The van der Waals surface area contributed by atoms with Gasteiger partial charge in [-0.15, -0.1) is 6.58 Å². The molecule has 2 rings (SSSR count). The lowest BCUT2D eigenvalue weighted by Gasteiger charge is -2.49. The lowest BCUT2D eigenvalue weighted by Crippen LogP contribution is -2.71. The number of amides is 2. The van der Waals surface area contributed by atoms with E-state index in [9.17, 15) is 9.59 Å². The van der Waals surface area contributed by atoms with Crippen LogP contribution in [0.15, 0.2) is 12.7 Å². The molecule has 2 amide bonds. The summed E-state index contributed by atoms with van der Waals surface area (Å²) in [5.41, 5.74) is -0.603. The quantitative estimate of drug-likeness (QED) is 0.790. The Bertz CT molecular complexity index is 372. The van der Waals surface area contributed by atoms with Gasteiger partial charge in [-0.2, -0.15) is 0 Å². The summed E-state index contributed by atoms with van der Waals surface area (Å²) in [6.45, 7) is 6.25. The SMILES string of the molecule is C=CCN1C(=O)C(CCC)NC(=O)C12CCCCC2. The minimum absolute atomic E-state index is 0.0482. The minimum atomic E-state index is -0.603. The maximum absolute atomic E-state index is 12.6. The lowest BCUT2D eigenvalue weighted by atomic mass is 9.77. The fourth-order valence-electron chi connectivity index (χ4n) is 3.39. The second-order valence-electron chi connectivity index (χ2n) is 5.64. The molecular formula is C15H24N2O2. The van der Waals surface area contributed by atoms with Gasteiger partial charge >= 0.3 is 0 Å². The van der Waals surface area contributed by atoms with Crippen LogP contribution in [-0.4, -0.2) is 34.8 Å². The average molecular weight is 264 g/mol. The number of hydrogen-bond acceptors (Lipinski definition) is 2. The maximum atomic E-state index is 12.6. The second-order valence-corrected chi connectivity index (χ2v) is 5.64. The normalized spacial score (nSPS) is 26.4. The van der Waals surface area contributed by atoms with Gasteiger partial charge in [-0.1, -0.05) is 38.7 Å². The summed E-state index contributed by atoms with van der Waals surface area (Å²) in [7, 11) is 0. The lowest BCUT2D eigenvalue weighted by molar-refractivity contribution is -0.159. The van der Waals surface area contributed by atoms with Gasteiger partial charge in [0.2, 0.25) is 11.8 Å². The zero-order valence-corrected chi connectivity index (χ0v) is 11.8. The largest absolute Gasteiger partial charge is 0.342 e. The fourth-order valence-corrected chi connectivity index (χ4v) is 3.39. The highest BCUT2D eigenvalue weighted by Crippen LogP contribution is 2.37. The first-order valence-electron chi connectivity index (χ1n) is 7.39. The van der Waals surface area contributed by atoms with Gasteiger partial charge in [0.15, 0.2) is 0 Å². The first kappa shape index (κ1) is 14.1. The molecule has 1 saturated carbocycles. The number of piperazine rings is 1. The average Bonchev–Trinajstić information content (AvgIpc) is 2.43. The number of hydrogen-bond donors (Lipinski definition) is 1. The van der Waals surface area contributed by atoms with E-state index in [1.165, 1.54) is 0 Å².